The topological polar surface area (TPSA) is 57.6 Å². The number of aryl methyl sites for hydroxylation is 2. The largest absolute Gasteiger partial charge is 0.481 e. The second-order valence-corrected chi connectivity index (χ2v) is 5.91. The summed E-state index contributed by atoms with van der Waals surface area (Å²) in [4.78, 5) is 24.7. The lowest BCUT2D eigenvalue weighted by Gasteiger charge is -2.31. The fourth-order valence-electron chi connectivity index (χ4n) is 2.80. The minimum Gasteiger partial charge on any atom is -0.481 e. The van der Waals surface area contributed by atoms with Crippen molar-refractivity contribution in [2.45, 2.75) is 39.0 Å². The molecule has 4 nitrogen and oxygen atoms in total. The summed E-state index contributed by atoms with van der Waals surface area (Å²) < 4.78 is 0. The smallest absolute Gasteiger partial charge is 0.303 e. The molecule has 0 bridgehead atoms. The predicted molar refractivity (Wildman–Crippen MR) is 81.1 cm³/mol. The number of hydrogen-bond acceptors (Lipinski definition) is 2. The number of amides is 1. The average molecular weight is 289 g/mol. The number of nitrogens with zero attached hydrogens (tertiary/aromatic N) is 1. The third-order valence-corrected chi connectivity index (χ3v) is 4.18. The molecule has 0 radical (unpaired) electrons. The van der Waals surface area contributed by atoms with E-state index in [9.17, 15) is 9.59 Å². The Morgan fingerprint density at radius 3 is 2.38 bits per heavy atom. The molecule has 0 aromatic heterocycles. The highest BCUT2D eigenvalue weighted by molar-refractivity contribution is 5.76. The van der Waals surface area contributed by atoms with Gasteiger partial charge in [-0.2, -0.15) is 0 Å². The molecule has 0 spiro atoms. The maximum atomic E-state index is 12.2. The van der Waals surface area contributed by atoms with Crippen molar-refractivity contribution < 1.29 is 14.7 Å². The fraction of sp³-hybridized carbons (Fsp3) is 0.529. The molecule has 1 amide bonds. The number of benzene rings is 1. The summed E-state index contributed by atoms with van der Waals surface area (Å²) in [5.41, 5.74) is 2.42. The van der Waals surface area contributed by atoms with Crippen LogP contribution in [0.25, 0.3) is 0 Å². The quantitative estimate of drug-likeness (QED) is 0.906. The lowest BCUT2D eigenvalue weighted by Crippen LogP contribution is -2.39. The standard InChI is InChI=1S/C17H23NO3/c1-13-2-4-14(5-3-13)6-7-16(19)18-10-8-15(9-11-18)12-17(20)21/h2-5,15H,6-12H2,1H3,(H,20,21). The lowest BCUT2D eigenvalue weighted by molar-refractivity contribution is -0.138. The summed E-state index contributed by atoms with van der Waals surface area (Å²) in [5, 5.41) is 8.79. The number of aliphatic carboxylic acids is 1. The van der Waals surface area contributed by atoms with Crippen molar-refractivity contribution in [1.29, 1.82) is 0 Å². The Bertz CT molecular complexity index is 487. The number of carbonyl (C=O) groups excluding carboxylic acids is 1. The van der Waals surface area contributed by atoms with E-state index in [2.05, 4.69) is 31.2 Å². The van der Waals surface area contributed by atoms with Crippen molar-refractivity contribution >= 4 is 11.9 Å². The number of likely N-dealkylation sites (tertiary alicyclic amines) is 1. The van der Waals surface area contributed by atoms with E-state index in [0.717, 1.165) is 19.3 Å². The molecule has 1 aliphatic heterocycles. The van der Waals surface area contributed by atoms with Crippen LogP contribution in [0.5, 0.6) is 0 Å². The summed E-state index contributed by atoms with van der Waals surface area (Å²) in [6, 6.07) is 8.28. The Balaban J connectivity index is 1.74. The first-order valence-electron chi connectivity index (χ1n) is 7.59. The van der Waals surface area contributed by atoms with Crippen LogP contribution in [0.3, 0.4) is 0 Å². The number of carboxylic acid groups (broad SMARTS) is 1. The second kappa shape index (κ2) is 7.25. The molecule has 0 atom stereocenters. The summed E-state index contributed by atoms with van der Waals surface area (Å²) in [7, 11) is 0. The normalized spacial score (nSPS) is 16.0. The van der Waals surface area contributed by atoms with Gasteiger partial charge in [0.1, 0.15) is 0 Å². The molecule has 1 heterocycles. The van der Waals surface area contributed by atoms with Gasteiger partial charge in [0.25, 0.3) is 0 Å². The van der Waals surface area contributed by atoms with Gasteiger partial charge in [-0.25, -0.2) is 0 Å². The number of carbonyl (C=O) groups is 2. The van der Waals surface area contributed by atoms with E-state index in [4.69, 9.17) is 5.11 Å². The maximum Gasteiger partial charge on any atom is 0.303 e. The predicted octanol–water partition coefficient (Wildman–Crippen LogP) is 2.64. The van der Waals surface area contributed by atoms with E-state index in [1.54, 1.807) is 0 Å². The Hall–Kier alpha value is -1.84. The van der Waals surface area contributed by atoms with E-state index in [1.807, 2.05) is 4.90 Å². The molecular formula is C17H23NO3. The summed E-state index contributed by atoms with van der Waals surface area (Å²) in [6.45, 7) is 3.45. The van der Waals surface area contributed by atoms with Crippen LogP contribution in [-0.2, 0) is 16.0 Å². The molecule has 0 saturated carbocycles. The SMILES string of the molecule is Cc1ccc(CCC(=O)N2CCC(CC(=O)O)CC2)cc1. The number of hydrogen-bond donors (Lipinski definition) is 1. The minimum atomic E-state index is -0.737. The fourth-order valence-corrected chi connectivity index (χ4v) is 2.80. The van der Waals surface area contributed by atoms with Crippen LogP contribution in [-0.4, -0.2) is 35.0 Å². The highest BCUT2D eigenvalue weighted by atomic mass is 16.4. The second-order valence-electron chi connectivity index (χ2n) is 5.91. The van der Waals surface area contributed by atoms with E-state index >= 15 is 0 Å². The number of rotatable bonds is 5. The molecule has 21 heavy (non-hydrogen) atoms. The lowest BCUT2D eigenvalue weighted by atomic mass is 9.93. The van der Waals surface area contributed by atoms with Gasteiger partial charge in [0.05, 0.1) is 0 Å². The molecule has 4 heteroatoms. The van der Waals surface area contributed by atoms with Crippen molar-refractivity contribution in [2.75, 3.05) is 13.1 Å². The first-order chi connectivity index (χ1) is 10.0. The van der Waals surface area contributed by atoms with Gasteiger partial charge < -0.3 is 10.0 Å². The van der Waals surface area contributed by atoms with Crippen LogP contribution >= 0.6 is 0 Å². The van der Waals surface area contributed by atoms with Crippen molar-refractivity contribution in [1.82, 2.24) is 4.90 Å². The molecule has 0 aliphatic carbocycles. The van der Waals surface area contributed by atoms with Crippen molar-refractivity contribution in [3.8, 4) is 0 Å². The number of piperidine rings is 1. The molecular weight excluding hydrogens is 266 g/mol. The van der Waals surface area contributed by atoms with Gasteiger partial charge >= 0.3 is 5.97 Å². The van der Waals surface area contributed by atoms with Crippen molar-refractivity contribution in [3.05, 3.63) is 35.4 Å². The summed E-state index contributed by atoms with van der Waals surface area (Å²) in [6.07, 6.45) is 3.15. The molecule has 1 aromatic carbocycles. The van der Waals surface area contributed by atoms with Gasteiger partial charge in [0.15, 0.2) is 0 Å². The Morgan fingerprint density at radius 2 is 1.81 bits per heavy atom. The first-order valence-corrected chi connectivity index (χ1v) is 7.59. The third kappa shape index (κ3) is 4.88. The highest BCUT2D eigenvalue weighted by Crippen LogP contribution is 2.21. The molecule has 0 unspecified atom stereocenters. The zero-order valence-corrected chi connectivity index (χ0v) is 12.5. The summed E-state index contributed by atoms with van der Waals surface area (Å²) in [5.74, 6) is -0.327. The van der Waals surface area contributed by atoms with Gasteiger partial charge in [-0.15, -0.1) is 0 Å². The monoisotopic (exact) mass is 289 g/mol. The molecule has 2 rings (SSSR count). The maximum absolute atomic E-state index is 12.2. The molecule has 114 valence electrons. The van der Waals surface area contributed by atoms with Crippen LogP contribution in [0.2, 0.25) is 0 Å². The molecule has 1 N–H and O–H groups in total. The number of carboxylic acids is 1. The third-order valence-electron chi connectivity index (χ3n) is 4.18. The van der Waals surface area contributed by atoms with Crippen molar-refractivity contribution in [3.63, 3.8) is 0 Å². The first kappa shape index (κ1) is 15.5. The van der Waals surface area contributed by atoms with Gasteiger partial charge in [-0.3, -0.25) is 9.59 Å². The highest BCUT2D eigenvalue weighted by Gasteiger charge is 2.23. The van der Waals surface area contributed by atoms with Crippen LogP contribution in [0.1, 0.15) is 36.8 Å². The Labute approximate surface area is 125 Å². The average Bonchev–Trinajstić information content (AvgIpc) is 2.46. The Kier molecular flexibility index (Phi) is 5.37. The van der Waals surface area contributed by atoms with Gasteiger partial charge in [0.2, 0.25) is 5.91 Å². The molecule has 1 saturated heterocycles. The molecule has 1 fully saturated rings. The van der Waals surface area contributed by atoms with E-state index in [0.29, 0.717) is 19.5 Å². The van der Waals surface area contributed by atoms with Crippen LogP contribution in [0.15, 0.2) is 24.3 Å². The van der Waals surface area contributed by atoms with E-state index in [1.165, 1.54) is 11.1 Å². The Morgan fingerprint density at radius 1 is 1.19 bits per heavy atom. The summed E-state index contributed by atoms with van der Waals surface area (Å²) >= 11 is 0. The van der Waals surface area contributed by atoms with E-state index < -0.39 is 5.97 Å². The van der Waals surface area contributed by atoms with Crippen LogP contribution in [0.4, 0.5) is 0 Å². The van der Waals surface area contributed by atoms with Gasteiger partial charge in [-0.1, -0.05) is 29.8 Å². The minimum absolute atomic E-state index is 0.185. The molecule has 1 aromatic rings. The molecule has 1 aliphatic rings. The van der Waals surface area contributed by atoms with Crippen LogP contribution < -0.4 is 0 Å². The van der Waals surface area contributed by atoms with Crippen molar-refractivity contribution in [2.24, 2.45) is 5.92 Å². The van der Waals surface area contributed by atoms with Gasteiger partial charge in [0, 0.05) is 25.9 Å². The van der Waals surface area contributed by atoms with Crippen LogP contribution in [0, 0.1) is 12.8 Å². The van der Waals surface area contributed by atoms with E-state index in [-0.39, 0.29) is 18.2 Å². The van der Waals surface area contributed by atoms with Gasteiger partial charge in [-0.05, 0) is 37.7 Å². The zero-order chi connectivity index (χ0) is 15.2. The zero-order valence-electron chi connectivity index (χ0n) is 12.5.